The summed E-state index contributed by atoms with van der Waals surface area (Å²) in [6, 6.07) is 15.8. The molecule has 0 atom stereocenters. The van der Waals surface area contributed by atoms with Crippen LogP contribution in [0, 0.1) is 0 Å². The van der Waals surface area contributed by atoms with Crippen molar-refractivity contribution in [2.45, 2.75) is 0 Å². The monoisotopic (exact) mass is 504 g/mol. The highest BCUT2D eigenvalue weighted by Gasteiger charge is 2.18. The van der Waals surface area contributed by atoms with Gasteiger partial charge >= 0.3 is 0 Å². The number of ketones is 1. The van der Waals surface area contributed by atoms with Crippen molar-refractivity contribution in [1.29, 1.82) is 0 Å². The maximum Gasteiger partial charge on any atom is 0.193 e. The topological polar surface area (TPSA) is 23.6 Å². The van der Waals surface area contributed by atoms with Crippen LogP contribution in [-0.4, -0.2) is 56.9 Å². The second kappa shape index (κ2) is 10.9. The van der Waals surface area contributed by atoms with Crippen LogP contribution in [-0.2, 0) is 4.79 Å². The van der Waals surface area contributed by atoms with Crippen LogP contribution in [0.25, 0.3) is 11.1 Å². The molecule has 0 aliphatic carbocycles. The molecular formula is C23H26Br2N2O. The van der Waals surface area contributed by atoms with E-state index in [9.17, 15) is 4.79 Å². The lowest BCUT2D eigenvalue weighted by atomic mass is 9.92. The van der Waals surface area contributed by atoms with Crippen LogP contribution >= 0.6 is 31.9 Å². The first-order valence-electron chi connectivity index (χ1n) is 9.04. The molecule has 3 nitrogen and oxygen atoms in total. The predicted molar refractivity (Wildman–Crippen MR) is 126 cm³/mol. The fraction of sp³-hybridized carbons (Fsp3) is 0.261. The Morgan fingerprint density at radius 1 is 0.714 bits per heavy atom. The molecule has 148 valence electrons. The van der Waals surface area contributed by atoms with E-state index in [-0.39, 0.29) is 5.78 Å². The average Bonchev–Trinajstić information content (AvgIpc) is 2.64. The van der Waals surface area contributed by atoms with Crippen molar-refractivity contribution in [3.8, 4) is 0 Å². The Labute approximate surface area is 185 Å². The van der Waals surface area contributed by atoms with Crippen molar-refractivity contribution >= 4 is 48.8 Å². The lowest BCUT2D eigenvalue weighted by Gasteiger charge is -2.15. The molecule has 0 aromatic heterocycles. The van der Waals surface area contributed by atoms with Gasteiger partial charge in [0.1, 0.15) is 0 Å². The highest BCUT2D eigenvalue weighted by Crippen LogP contribution is 2.27. The lowest BCUT2D eigenvalue weighted by molar-refractivity contribution is -0.108. The molecule has 0 unspecified atom stereocenters. The van der Waals surface area contributed by atoms with Crippen LogP contribution in [0.3, 0.4) is 0 Å². The summed E-state index contributed by atoms with van der Waals surface area (Å²) in [5.74, 6) is 0.0355. The zero-order valence-electron chi connectivity index (χ0n) is 16.7. The zero-order chi connectivity index (χ0) is 20.7. The normalized spacial score (nSPS) is 12.7. The van der Waals surface area contributed by atoms with E-state index in [2.05, 4.69) is 41.7 Å². The van der Waals surface area contributed by atoms with Crippen molar-refractivity contribution in [3.05, 3.63) is 80.8 Å². The molecule has 0 saturated heterocycles. The number of hydrogen-bond donors (Lipinski definition) is 0. The number of hydrogen-bond acceptors (Lipinski definition) is 3. The quantitative estimate of drug-likeness (QED) is 0.450. The van der Waals surface area contributed by atoms with Gasteiger partial charge in [0, 0.05) is 33.2 Å². The smallest absolute Gasteiger partial charge is 0.193 e. The highest BCUT2D eigenvalue weighted by atomic mass is 79.9. The standard InChI is InChI=1S/C23H26Br2N2O/c1-26(2)15-13-21(17-5-9-19(24)10-6-17)23(28)22(14-16-27(3)4)18-7-11-20(25)12-8-18/h5-14H,15-16H2,1-4H3. The van der Waals surface area contributed by atoms with Crippen molar-refractivity contribution in [1.82, 2.24) is 9.80 Å². The van der Waals surface area contributed by atoms with E-state index in [0.717, 1.165) is 20.1 Å². The van der Waals surface area contributed by atoms with Gasteiger partial charge in [-0.05, 0) is 63.6 Å². The predicted octanol–water partition coefficient (Wildman–Crippen LogP) is 5.37. The van der Waals surface area contributed by atoms with Gasteiger partial charge < -0.3 is 9.80 Å². The molecule has 0 fully saturated rings. The third-order valence-electron chi connectivity index (χ3n) is 4.12. The zero-order valence-corrected chi connectivity index (χ0v) is 19.9. The molecule has 0 spiro atoms. The molecular weight excluding hydrogens is 480 g/mol. The van der Waals surface area contributed by atoms with Gasteiger partial charge in [-0.25, -0.2) is 0 Å². The van der Waals surface area contributed by atoms with Crippen LogP contribution in [0.2, 0.25) is 0 Å². The van der Waals surface area contributed by atoms with Crippen LogP contribution in [0.4, 0.5) is 0 Å². The Balaban J connectivity index is 2.52. The van der Waals surface area contributed by atoms with Crippen LogP contribution in [0.1, 0.15) is 11.1 Å². The third kappa shape index (κ3) is 6.82. The number of halogens is 2. The first-order chi connectivity index (χ1) is 13.3. The summed E-state index contributed by atoms with van der Waals surface area (Å²) >= 11 is 6.95. The minimum Gasteiger partial charge on any atom is -0.306 e. The van der Waals surface area contributed by atoms with Gasteiger partial charge in [0.25, 0.3) is 0 Å². The summed E-state index contributed by atoms with van der Waals surface area (Å²) in [5, 5.41) is 0. The molecule has 2 aromatic rings. The molecule has 0 radical (unpaired) electrons. The van der Waals surface area contributed by atoms with Gasteiger partial charge in [-0.1, -0.05) is 68.3 Å². The molecule has 2 aromatic carbocycles. The summed E-state index contributed by atoms with van der Waals surface area (Å²) in [6.45, 7) is 1.39. The Hall–Kier alpha value is -1.53. The number of rotatable bonds is 8. The molecule has 28 heavy (non-hydrogen) atoms. The van der Waals surface area contributed by atoms with Crippen LogP contribution in [0.15, 0.2) is 69.6 Å². The Kier molecular flexibility index (Phi) is 8.83. The summed E-state index contributed by atoms with van der Waals surface area (Å²) < 4.78 is 1.99. The SMILES string of the molecule is CN(C)CC=C(C(=O)C(=CCN(C)C)c1ccc(Br)cc1)c1ccc(Br)cc1. The first kappa shape index (κ1) is 22.8. The number of Topliss-reactive ketones (excluding diaryl/α,β-unsaturated/α-hetero) is 1. The minimum absolute atomic E-state index is 0.0355. The Bertz CT molecular complexity index is 780. The van der Waals surface area contributed by atoms with Crippen LogP contribution in [0.5, 0.6) is 0 Å². The second-order valence-corrected chi connectivity index (χ2v) is 8.93. The van der Waals surface area contributed by atoms with E-state index in [0.29, 0.717) is 24.2 Å². The number of likely N-dealkylation sites (N-methyl/N-ethyl adjacent to an activating group) is 2. The minimum atomic E-state index is 0.0355. The van der Waals surface area contributed by atoms with Crippen molar-refractivity contribution in [2.24, 2.45) is 0 Å². The molecule has 0 saturated carbocycles. The number of allylic oxidation sites excluding steroid dienone is 2. The Morgan fingerprint density at radius 3 is 1.32 bits per heavy atom. The summed E-state index contributed by atoms with van der Waals surface area (Å²) in [4.78, 5) is 17.7. The molecule has 0 N–H and O–H groups in total. The highest BCUT2D eigenvalue weighted by molar-refractivity contribution is 9.10. The molecule has 0 aliphatic rings. The van der Waals surface area contributed by atoms with Gasteiger partial charge in [0.05, 0.1) is 0 Å². The number of benzene rings is 2. The summed E-state index contributed by atoms with van der Waals surface area (Å²) in [7, 11) is 7.99. The van der Waals surface area contributed by atoms with E-state index in [1.165, 1.54) is 0 Å². The maximum atomic E-state index is 13.6. The second-order valence-electron chi connectivity index (χ2n) is 7.10. The maximum absolute atomic E-state index is 13.6. The molecule has 2 rings (SSSR count). The van der Waals surface area contributed by atoms with Gasteiger partial charge in [-0.15, -0.1) is 0 Å². The summed E-state index contributed by atoms with van der Waals surface area (Å²) in [6.07, 6.45) is 4.02. The first-order valence-corrected chi connectivity index (χ1v) is 10.6. The van der Waals surface area contributed by atoms with E-state index >= 15 is 0 Å². The molecule has 0 aliphatic heterocycles. The molecule has 0 heterocycles. The third-order valence-corrected chi connectivity index (χ3v) is 5.18. The van der Waals surface area contributed by atoms with E-state index in [4.69, 9.17) is 0 Å². The Morgan fingerprint density at radius 2 is 1.04 bits per heavy atom. The van der Waals surface area contributed by atoms with E-state index in [1.54, 1.807) is 0 Å². The number of carbonyl (C=O) groups excluding carboxylic acids is 1. The number of carbonyl (C=O) groups is 1. The fourth-order valence-corrected chi connectivity index (χ4v) is 3.16. The average molecular weight is 506 g/mol. The van der Waals surface area contributed by atoms with E-state index < -0.39 is 0 Å². The largest absolute Gasteiger partial charge is 0.306 e. The van der Waals surface area contributed by atoms with Crippen molar-refractivity contribution in [3.63, 3.8) is 0 Å². The van der Waals surface area contributed by atoms with Gasteiger partial charge in [0.15, 0.2) is 5.78 Å². The lowest BCUT2D eigenvalue weighted by Crippen LogP contribution is -2.15. The van der Waals surface area contributed by atoms with E-state index in [1.807, 2.05) is 88.9 Å². The van der Waals surface area contributed by atoms with Gasteiger partial charge in [-0.3, -0.25) is 4.79 Å². The van der Waals surface area contributed by atoms with Crippen molar-refractivity contribution < 1.29 is 4.79 Å². The molecule has 0 bridgehead atoms. The van der Waals surface area contributed by atoms with Gasteiger partial charge in [0.2, 0.25) is 0 Å². The van der Waals surface area contributed by atoms with Crippen LogP contribution < -0.4 is 0 Å². The van der Waals surface area contributed by atoms with Crippen molar-refractivity contribution in [2.75, 3.05) is 41.3 Å². The number of nitrogens with zero attached hydrogens (tertiary/aromatic N) is 2. The molecule has 5 heteroatoms. The molecule has 0 amide bonds. The fourth-order valence-electron chi connectivity index (χ4n) is 2.63. The summed E-state index contributed by atoms with van der Waals surface area (Å²) in [5.41, 5.74) is 3.27. The van der Waals surface area contributed by atoms with Gasteiger partial charge in [-0.2, -0.15) is 0 Å².